The average molecular weight is 386 g/mol. The second kappa shape index (κ2) is 12.0. The number of aliphatic imine (C=N–C) groups is 1. The molecular formula is C21H30N4O3. The smallest absolute Gasteiger partial charge is 0.243 e. The lowest BCUT2D eigenvalue weighted by Gasteiger charge is -2.34. The van der Waals surface area contributed by atoms with E-state index in [1.165, 1.54) is 0 Å². The van der Waals surface area contributed by atoms with E-state index in [9.17, 15) is 4.79 Å². The lowest BCUT2D eigenvalue weighted by molar-refractivity contribution is -0.115. The number of piperidine rings is 1. The number of benzene rings is 1. The summed E-state index contributed by atoms with van der Waals surface area (Å²) in [6, 6.07) is 7.22. The number of ether oxygens (including phenoxy) is 2. The van der Waals surface area contributed by atoms with Crippen LogP contribution in [0.5, 0.6) is 0 Å². The van der Waals surface area contributed by atoms with E-state index in [2.05, 4.69) is 26.4 Å². The minimum atomic E-state index is -0.147. The molecule has 28 heavy (non-hydrogen) atoms. The van der Waals surface area contributed by atoms with Crippen LogP contribution in [-0.2, 0) is 14.3 Å². The summed E-state index contributed by atoms with van der Waals surface area (Å²) in [4.78, 5) is 18.7. The summed E-state index contributed by atoms with van der Waals surface area (Å²) in [5.41, 5.74) is 1.41. The number of carbonyl (C=O) groups is 1. The number of hydrogen-bond acceptors (Lipinski definition) is 4. The monoisotopic (exact) mass is 386 g/mol. The largest absolute Gasteiger partial charge is 0.385 e. The lowest BCUT2D eigenvalue weighted by Crippen LogP contribution is -2.48. The fraction of sp³-hybridized carbons (Fsp3) is 0.524. The Morgan fingerprint density at radius 3 is 2.82 bits per heavy atom. The molecule has 0 spiro atoms. The maximum Gasteiger partial charge on any atom is 0.243 e. The van der Waals surface area contributed by atoms with Gasteiger partial charge < -0.3 is 25.0 Å². The van der Waals surface area contributed by atoms with Crippen molar-refractivity contribution < 1.29 is 14.3 Å². The fourth-order valence-electron chi connectivity index (χ4n) is 3.07. The molecule has 1 fully saturated rings. The Kier molecular flexibility index (Phi) is 9.32. The number of rotatable bonds is 8. The molecule has 0 saturated carbocycles. The number of likely N-dealkylation sites (tertiary alicyclic amines) is 1. The number of hydrogen-bond donors (Lipinski definition) is 2. The third kappa shape index (κ3) is 7.22. The quantitative estimate of drug-likeness (QED) is 0.308. The molecule has 7 heteroatoms. The van der Waals surface area contributed by atoms with Crippen LogP contribution in [0.3, 0.4) is 0 Å². The zero-order valence-electron chi connectivity index (χ0n) is 16.7. The van der Waals surface area contributed by atoms with Crippen LogP contribution >= 0.6 is 0 Å². The van der Waals surface area contributed by atoms with Gasteiger partial charge >= 0.3 is 0 Å². The average Bonchev–Trinajstić information content (AvgIpc) is 2.72. The van der Waals surface area contributed by atoms with Crippen LogP contribution in [-0.4, -0.2) is 69.9 Å². The molecule has 1 aliphatic rings. The molecule has 2 N–H and O–H groups in total. The molecule has 2 rings (SSSR count). The van der Waals surface area contributed by atoms with Gasteiger partial charge in [0.05, 0.1) is 12.6 Å². The number of guanidine groups is 1. The van der Waals surface area contributed by atoms with Crippen molar-refractivity contribution in [1.29, 1.82) is 0 Å². The summed E-state index contributed by atoms with van der Waals surface area (Å²) < 4.78 is 10.9. The van der Waals surface area contributed by atoms with E-state index in [4.69, 9.17) is 15.9 Å². The van der Waals surface area contributed by atoms with E-state index in [-0.39, 0.29) is 18.6 Å². The van der Waals surface area contributed by atoms with E-state index in [1.807, 2.05) is 18.2 Å². The van der Waals surface area contributed by atoms with E-state index in [1.54, 1.807) is 20.2 Å². The van der Waals surface area contributed by atoms with Crippen molar-refractivity contribution in [2.75, 3.05) is 52.3 Å². The Bertz CT molecular complexity index is 691. The Labute approximate surface area is 167 Å². The van der Waals surface area contributed by atoms with Crippen molar-refractivity contribution >= 4 is 17.6 Å². The number of methoxy groups -OCH3 is 1. The van der Waals surface area contributed by atoms with Crippen LogP contribution in [0.2, 0.25) is 0 Å². The highest BCUT2D eigenvalue weighted by Gasteiger charge is 2.22. The van der Waals surface area contributed by atoms with Gasteiger partial charge in [0.1, 0.15) is 0 Å². The first kappa shape index (κ1) is 21.7. The topological polar surface area (TPSA) is 75.2 Å². The fourth-order valence-corrected chi connectivity index (χ4v) is 3.07. The van der Waals surface area contributed by atoms with E-state index < -0.39 is 0 Å². The number of nitrogens with one attached hydrogen (secondary N) is 2. The molecule has 0 bridgehead atoms. The van der Waals surface area contributed by atoms with Crippen LogP contribution in [0.4, 0.5) is 5.69 Å². The van der Waals surface area contributed by atoms with Crippen molar-refractivity contribution in [3.63, 3.8) is 0 Å². The Balaban J connectivity index is 1.72. The SMILES string of the molecule is C#Cc1cccc(NC(=O)CNC(=NC)N2CCC(OCCCOC)CC2)c1. The van der Waals surface area contributed by atoms with Crippen LogP contribution in [0.1, 0.15) is 24.8 Å². The van der Waals surface area contributed by atoms with Gasteiger partial charge in [0.2, 0.25) is 5.91 Å². The predicted octanol–water partition coefficient (Wildman–Crippen LogP) is 1.70. The molecule has 1 aromatic rings. The molecule has 0 atom stereocenters. The normalized spacial score (nSPS) is 15.2. The van der Waals surface area contributed by atoms with Crippen molar-refractivity contribution in [2.45, 2.75) is 25.4 Å². The highest BCUT2D eigenvalue weighted by molar-refractivity contribution is 5.95. The van der Waals surface area contributed by atoms with Gasteiger partial charge in [-0.05, 0) is 37.5 Å². The first-order valence-corrected chi connectivity index (χ1v) is 9.59. The van der Waals surface area contributed by atoms with E-state index >= 15 is 0 Å². The summed E-state index contributed by atoms with van der Waals surface area (Å²) in [6.45, 7) is 3.29. The van der Waals surface area contributed by atoms with Crippen molar-refractivity contribution in [2.24, 2.45) is 4.99 Å². The maximum absolute atomic E-state index is 12.2. The third-order valence-corrected chi connectivity index (χ3v) is 4.52. The standard InChI is InChI=1S/C21H30N4O3/c1-4-17-7-5-8-18(15-17)24-20(26)16-23-21(22-2)25-11-9-19(10-12-25)28-14-6-13-27-3/h1,5,7-8,15,19H,6,9-14,16H2,2-3H3,(H,22,23)(H,24,26). The zero-order valence-corrected chi connectivity index (χ0v) is 16.7. The highest BCUT2D eigenvalue weighted by Crippen LogP contribution is 2.14. The molecular weight excluding hydrogens is 356 g/mol. The summed E-state index contributed by atoms with van der Waals surface area (Å²) >= 11 is 0. The van der Waals surface area contributed by atoms with Crippen molar-refractivity contribution in [1.82, 2.24) is 10.2 Å². The van der Waals surface area contributed by atoms with Crippen LogP contribution in [0, 0.1) is 12.3 Å². The molecule has 1 saturated heterocycles. The number of amides is 1. The highest BCUT2D eigenvalue weighted by atomic mass is 16.5. The van der Waals surface area contributed by atoms with Gasteiger partial charge in [0.25, 0.3) is 0 Å². The van der Waals surface area contributed by atoms with Crippen molar-refractivity contribution in [3.8, 4) is 12.3 Å². The summed E-state index contributed by atoms with van der Waals surface area (Å²) in [6.07, 6.45) is 8.47. The van der Waals surface area contributed by atoms with E-state index in [0.717, 1.165) is 57.1 Å². The summed E-state index contributed by atoms with van der Waals surface area (Å²) in [5, 5.41) is 5.97. The third-order valence-electron chi connectivity index (χ3n) is 4.52. The second-order valence-electron chi connectivity index (χ2n) is 6.58. The minimum Gasteiger partial charge on any atom is -0.385 e. The zero-order chi connectivity index (χ0) is 20.2. The molecule has 1 amide bonds. The lowest BCUT2D eigenvalue weighted by atomic mass is 10.1. The Morgan fingerprint density at radius 1 is 1.36 bits per heavy atom. The predicted molar refractivity (Wildman–Crippen MR) is 111 cm³/mol. The molecule has 1 aliphatic heterocycles. The molecule has 0 unspecified atom stereocenters. The molecule has 0 aliphatic carbocycles. The van der Waals surface area contributed by atoms with Gasteiger partial charge in [-0.25, -0.2) is 0 Å². The molecule has 7 nitrogen and oxygen atoms in total. The van der Waals surface area contributed by atoms with Gasteiger partial charge in [0, 0.05) is 51.7 Å². The molecule has 0 aromatic heterocycles. The van der Waals surface area contributed by atoms with Gasteiger partial charge in [-0.15, -0.1) is 6.42 Å². The molecule has 152 valence electrons. The minimum absolute atomic E-state index is 0.139. The number of nitrogens with zero attached hydrogens (tertiary/aromatic N) is 2. The molecule has 1 heterocycles. The number of carbonyl (C=O) groups excluding carboxylic acids is 1. The van der Waals surface area contributed by atoms with Crippen LogP contribution in [0.25, 0.3) is 0 Å². The Hall–Kier alpha value is -2.56. The van der Waals surface area contributed by atoms with Gasteiger partial charge in [0.15, 0.2) is 5.96 Å². The van der Waals surface area contributed by atoms with Gasteiger partial charge in [-0.3, -0.25) is 9.79 Å². The summed E-state index contributed by atoms with van der Waals surface area (Å²) in [5.74, 6) is 3.14. The van der Waals surface area contributed by atoms with Crippen LogP contribution in [0.15, 0.2) is 29.3 Å². The molecule has 1 aromatic carbocycles. The first-order chi connectivity index (χ1) is 13.7. The first-order valence-electron chi connectivity index (χ1n) is 9.59. The number of anilines is 1. The van der Waals surface area contributed by atoms with Crippen LogP contribution < -0.4 is 10.6 Å². The summed E-state index contributed by atoms with van der Waals surface area (Å²) in [7, 11) is 3.43. The van der Waals surface area contributed by atoms with Gasteiger partial charge in [-0.1, -0.05) is 12.0 Å². The maximum atomic E-state index is 12.2. The van der Waals surface area contributed by atoms with E-state index in [0.29, 0.717) is 5.69 Å². The number of terminal acetylenes is 1. The molecule has 0 radical (unpaired) electrons. The van der Waals surface area contributed by atoms with Crippen molar-refractivity contribution in [3.05, 3.63) is 29.8 Å². The second-order valence-corrected chi connectivity index (χ2v) is 6.58. The van der Waals surface area contributed by atoms with Gasteiger partial charge in [-0.2, -0.15) is 0 Å². The Morgan fingerprint density at radius 2 is 2.14 bits per heavy atom.